The lowest BCUT2D eigenvalue weighted by Crippen LogP contribution is -2.05. The largest absolute Gasteiger partial charge is 0.462 e. The number of hydrogen-bond donors (Lipinski definition) is 0. The van der Waals surface area contributed by atoms with Gasteiger partial charge in [0.1, 0.15) is 0 Å². The van der Waals surface area contributed by atoms with Crippen LogP contribution in [0.4, 0.5) is 0 Å². The molecule has 0 aromatic heterocycles. The van der Waals surface area contributed by atoms with Gasteiger partial charge in [-0.3, -0.25) is 0 Å². The second kappa shape index (κ2) is 5.19. The predicted molar refractivity (Wildman–Crippen MR) is 69.5 cm³/mol. The van der Waals surface area contributed by atoms with E-state index in [1.54, 1.807) is 6.07 Å². The highest BCUT2D eigenvalue weighted by Gasteiger charge is 2.07. The molecular formula is C14H13ClO2. The molecular weight excluding hydrogens is 236 g/mol. The maximum Gasteiger partial charge on any atom is 0.338 e. The molecule has 0 fully saturated rings. The van der Waals surface area contributed by atoms with Gasteiger partial charge in [0.25, 0.3) is 0 Å². The summed E-state index contributed by atoms with van der Waals surface area (Å²) in [6, 6.07) is 11.0. The molecule has 0 N–H and O–H groups in total. The molecule has 0 radical (unpaired) electrons. The van der Waals surface area contributed by atoms with E-state index in [4.69, 9.17) is 16.3 Å². The molecule has 0 bridgehead atoms. The van der Waals surface area contributed by atoms with E-state index in [0.29, 0.717) is 17.2 Å². The standard InChI is InChI=1S/C14H13ClO2/c1-2-7-17-14(16)12-4-3-11-9-13(15)6-5-10(11)8-12/h3-6,8-9H,2,7H2,1H3. The first-order valence-corrected chi connectivity index (χ1v) is 5.95. The summed E-state index contributed by atoms with van der Waals surface area (Å²) in [6.45, 7) is 2.42. The Balaban J connectivity index is 2.31. The molecule has 2 nitrogen and oxygen atoms in total. The molecule has 17 heavy (non-hydrogen) atoms. The van der Waals surface area contributed by atoms with Crippen molar-refractivity contribution in [1.82, 2.24) is 0 Å². The topological polar surface area (TPSA) is 26.3 Å². The van der Waals surface area contributed by atoms with E-state index in [0.717, 1.165) is 17.2 Å². The molecule has 0 spiro atoms. The Morgan fingerprint density at radius 1 is 1.18 bits per heavy atom. The second-order valence-electron chi connectivity index (χ2n) is 3.84. The fourth-order valence-electron chi connectivity index (χ4n) is 1.62. The van der Waals surface area contributed by atoms with Crippen LogP contribution >= 0.6 is 11.6 Å². The van der Waals surface area contributed by atoms with Crippen LogP contribution in [-0.2, 0) is 4.74 Å². The quantitative estimate of drug-likeness (QED) is 0.766. The molecule has 0 saturated carbocycles. The zero-order chi connectivity index (χ0) is 12.3. The number of rotatable bonds is 3. The van der Waals surface area contributed by atoms with E-state index in [1.807, 2.05) is 37.3 Å². The van der Waals surface area contributed by atoms with Gasteiger partial charge in [0.15, 0.2) is 0 Å². The smallest absolute Gasteiger partial charge is 0.338 e. The summed E-state index contributed by atoms with van der Waals surface area (Å²) in [5.41, 5.74) is 0.577. The summed E-state index contributed by atoms with van der Waals surface area (Å²) in [5.74, 6) is -0.274. The SMILES string of the molecule is CCCOC(=O)c1ccc2cc(Cl)ccc2c1. The van der Waals surface area contributed by atoms with E-state index < -0.39 is 0 Å². The van der Waals surface area contributed by atoms with Crippen LogP contribution in [0.2, 0.25) is 5.02 Å². The monoisotopic (exact) mass is 248 g/mol. The maximum absolute atomic E-state index is 11.7. The predicted octanol–water partition coefficient (Wildman–Crippen LogP) is 4.06. The number of hydrogen-bond acceptors (Lipinski definition) is 2. The molecule has 88 valence electrons. The van der Waals surface area contributed by atoms with Gasteiger partial charge in [0.05, 0.1) is 12.2 Å². The number of carbonyl (C=O) groups excluding carboxylic acids is 1. The summed E-state index contributed by atoms with van der Waals surface area (Å²) < 4.78 is 5.08. The summed E-state index contributed by atoms with van der Waals surface area (Å²) in [4.78, 5) is 11.7. The van der Waals surface area contributed by atoms with Crippen molar-refractivity contribution in [2.45, 2.75) is 13.3 Å². The van der Waals surface area contributed by atoms with Gasteiger partial charge in [-0.1, -0.05) is 30.7 Å². The van der Waals surface area contributed by atoms with Crippen molar-refractivity contribution in [2.75, 3.05) is 6.61 Å². The van der Waals surface area contributed by atoms with E-state index in [-0.39, 0.29) is 5.97 Å². The summed E-state index contributed by atoms with van der Waals surface area (Å²) in [5, 5.41) is 2.70. The molecule has 0 heterocycles. The highest BCUT2D eigenvalue weighted by molar-refractivity contribution is 6.31. The molecule has 0 aliphatic carbocycles. The molecule has 0 aliphatic rings. The van der Waals surface area contributed by atoms with Crippen LogP contribution in [0.15, 0.2) is 36.4 Å². The van der Waals surface area contributed by atoms with Crippen LogP contribution in [0.3, 0.4) is 0 Å². The van der Waals surface area contributed by atoms with Crippen LogP contribution in [-0.4, -0.2) is 12.6 Å². The molecule has 3 heteroatoms. The van der Waals surface area contributed by atoms with E-state index in [9.17, 15) is 4.79 Å². The van der Waals surface area contributed by atoms with Crippen LogP contribution in [0.1, 0.15) is 23.7 Å². The van der Waals surface area contributed by atoms with Crippen molar-refractivity contribution in [3.8, 4) is 0 Å². The van der Waals surface area contributed by atoms with Gasteiger partial charge in [-0.15, -0.1) is 0 Å². The zero-order valence-corrected chi connectivity index (χ0v) is 10.3. The minimum Gasteiger partial charge on any atom is -0.462 e. The average molecular weight is 249 g/mol. The van der Waals surface area contributed by atoms with E-state index in [2.05, 4.69) is 0 Å². The van der Waals surface area contributed by atoms with Gasteiger partial charge in [-0.2, -0.15) is 0 Å². The van der Waals surface area contributed by atoms with Gasteiger partial charge in [0, 0.05) is 5.02 Å². The lowest BCUT2D eigenvalue weighted by Gasteiger charge is -2.04. The Bertz CT molecular complexity index is 549. The highest BCUT2D eigenvalue weighted by Crippen LogP contribution is 2.20. The van der Waals surface area contributed by atoms with Crippen molar-refractivity contribution in [1.29, 1.82) is 0 Å². The van der Waals surface area contributed by atoms with E-state index >= 15 is 0 Å². The highest BCUT2D eigenvalue weighted by atomic mass is 35.5. The summed E-state index contributed by atoms with van der Waals surface area (Å²) in [6.07, 6.45) is 0.828. The molecule has 2 rings (SSSR count). The third kappa shape index (κ3) is 2.77. The summed E-state index contributed by atoms with van der Waals surface area (Å²) in [7, 11) is 0. The minimum absolute atomic E-state index is 0.274. The van der Waals surface area contributed by atoms with Crippen molar-refractivity contribution in [3.63, 3.8) is 0 Å². The molecule has 0 saturated heterocycles. The van der Waals surface area contributed by atoms with Crippen molar-refractivity contribution in [3.05, 3.63) is 47.0 Å². The van der Waals surface area contributed by atoms with Crippen LogP contribution < -0.4 is 0 Å². The Morgan fingerprint density at radius 3 is 2.65 bits per heavy atom. The average Bonchev–Trinajstić information content (AvgIpc) is 2.35. The lowest BCUT2D eigenvalue weighted by molar-refractivity contribution is 0.0505. The number of halogens is 1. The minimum atomic E-state index is -0.274. The van der Waals surface area contributed by atoms with Gasteiger partial charge in [-0.05, 0) is 41.5 Å². The van der Waals surface area contributed by atoms with Crippen molar-refractivity contribution < 1.29 is 9.53 Å². The second-order valence-corrected chi connectivity index (χ2v) is 4.28. The lowest BCUT2D eigenvalue weighted by atomic mass is 10.1. The zero-order valence-electron chi connectivity index (χ0n) is 9.57. The number of ether oxygens (including phenoxy) is 1. The Hall–Kier alpha value is -1.54. The van der Waals surface area contributed by atoms with E-state index in [1.165, 1.54) is 0 Å². The normalized spacial score (nSPS) is 10.5. The maximum atomic E-state index is 11.7. The van der Waals surface area contributed by atoms with Gasteiger partial charge >= 0.3 is 5.97 Å². The fourth-order valence-corrected chi connectivity index (χ4v) is 1.80. The Labute approximate surface area is 105 Å². The third-order valence-electron chi connectivity index (χ3n) is 2.48. The number of esters is 1. The van der Waals surface area contributed by atoms with Gasteiger partial charge in [0.2, 0.25) is 0 Å². The Morgan fingerprint density at radius 2 is 1.88 bits per heavy atom. The van der Waals surface area contributed by atoms with Gasteiger partial charge < -0.3 is 4.74 Å². The molecule has 0 atom stereocenters. The number of benzene rings is 2. The Kier molecular flexibility index (Phi) is 3.64. The first kappa shape index (κ1) is 11.9. The fraction of sp³-hybridized carbons (Fsp3) is 0.214. The van der Waals surface area contributed by atoms with Crippen LogP contribution in [0, 0.1) is 0 Å². The van der Waals surface area contributed by atoms with Crippen molar-refractivity contribution in [2.24, 2.45) is 0 Å². The molecule has 2 aromatic rings. The van der Waals surface area contributed by atoms with Crippen LogP contribution in [0.25, 0.3) is 10.8 Å². The summed E-state index contributed by atoms with van der Waals surface area (Å²) >= 11 is 5.90. The molecule has 0 unspecified atom stereocenters. The molecule has 2 aromatic carbocycles. The number of carbonyl (C=O) groups is 1. The van der Waals surface area contributed by atoms with Gasteiger partial charge in [-0.25, -0.2) is 4.79 Å². The molecule has 0 amide bonds. The molecule has 0 aliphatic heterocycles. The number of fused-ring (bicyclic) bond motifs is 1. The van der Waals surface area contributed by atoms with Crippen molar-refractivity contribution >= 4 is 28.3 Å². The first-order chi connectivity index (χ1) is 8.20. The third-order valence-corrected chi connectivity index (χ3v) is 2.71. The first-order valence-electron chi connectivity index (χ1n) is 5.57. The van der Waals surface area contributed by atoms with Crippen LogP contribution in [0.5, 0.6) is 0 Å².